The van der Waals surface area contributed by atoms with Crippen LogP contribution in [-0.4, -0.2) is 24.5 Å². The van der Waals surface area contributed by atoms with Crippen LogP contribution in [0.2, 0.25) is 0 Å². The Bertz CT molecular complexity index is 246. The standard InChI is InChI=1S/C12H19N/c1-8-12-10-5-3-9(4-6-10)11(12)7-13(8)2/h3,5,8-12H,4,6-7H2,1-2H3. The molecule has 1 aliphatic heterocycles. The van der Waals surface area contributed by atoms with E-state index in [4.69, 9.17) is 0 Å². The Labute approximate surface area is 80.8 Å². The summed E-state index contributed by atoms with van der Waals surface area (Å²) < 4.78 is 0. The number of allylic oxidation sites excluding steroid dienone is 2. The van der Waals surface area contributed by atoms with Crippen molar-refractivity contribution in [3.8, 4) is 0 Å². The molecule has 3 aliphatic carbocycles. The van der Waals surface area contributed by atoms with Crippen molar-refractivity contribution in [2.75, 3.05) is 13.6 Å². The molecule has 1 heteroatoms. The lowest BCUT2D eigenvalue weighted by atomic mass is 9.62. The van der Waals surface area contributed by atoms with Crippen LogP contribution in [0.5, 0.6) is 0 Å². The van der Waals surface area contributed by atoms with Crippen molar-refractivity contribution in [1.29, 1.82) is 0 Å². The first-order valence-electron chi connectivity index (χ1n) is 5.66. The monoisotopic (exact) mass is 177 g/mol. The molecule has 1 heterocycles. The van der Waals surface area contributed by atoms with Crippen LogP contribution in [-0.2, 0) is 0 Å². The van der Waals surface area contributed by atoms with Crippen LogP contribution < -0.4 is 0 Å². The van der Waals surface area contributed by atoms with Crippen LogP contribution in [0, 0.1) is 23.7 Å². The molecule has 0 aromatic heterocycles. The highest BCUT2D eigenvalue weighted by atomic mass is 15.2. The first kappa shape index (κ1) is 8.05. The molecule has 2 bridgehead atoms. The minimum Gasteiger partial charge on any atom is -0.303 e. The van der Waals surface area contributed by atoms with E-state index in [1.54, 1.807) is 0 Å². The van der Waals surface area contributed by atoms with E-state index in [0.29, 0.717) is 0 Å². The van der Waals surface area contributed by atoms with Crippen LogP contribution in [0.1, 0.15) is 19.8 Å². The van der Waals surface area contributed by atoms with Gasteiger partial charge < -0.3 is 4.90 Å². The second kappa shape index (κ2) is 2.60. The molecule has 4 aliphatic rings. The molecule has 0 radical (unpaired) electrons. The third-order valence-electron chi connectivity index (χ3n) is 4.73. The van der Waals surface area contributed by atoms with Crippen molar-refractivity contribution in [3.05, 3.63) is 12.2 Å². The Morgan fingerprint density at radius 2 is 1.85 bits per heavy atom. The molecular formula is C12H19N. The maximum Gasteiger partial charge on any atom is 0.0101 e. The predicted octanol–water partition coefficient (Wildman–Crippen LogP) is 2.15. The fourth-order valence-electron chi connectivity index (χ4n) is 3.91. The van der Waals surface area contributed by atoms with Gasteiger partial charge >= 0.3 is 0 Å². The fourth-order valence-corrected chi connectivity index (χ4v) is 3.91. The number of rotatable bonds is 0. The largest absolute Gasteiger partial charge is 0.303 e. The van der Waals surface area contributed by atoms with Gasteiger partial charge in [0.25, 0.3) is 0 Å². The van der Waals surface area contributed by atoms with Crippen molar-refractivity contribution < 1.29 is 0 Å². The molecule has 5 atom stereocenters. The molecule has 1 saturated heterocycles. The van der Waals surface area contributed by atoms with E-state index in [-0.39, 0.29) is 0 Å². The predicted molar refractivity (Wildman–Crippen MR) is 54.4 cm³/mol. The zero-order valence-electron chi connectivity index (χ0n) is 8.61. The summed E-state index contributed by atoms with van der Waals surface area (Å²) >= 11 is 0. The number of hydrogen-bond acceptors (Lipinski definition) is 1. The SMILES string of the molecule is CC1C2C3C=CC(CC3)C2CN1C. The van der Waals surface area contributed by atoms with E-state index in [0.717, 1.165) is 29.7 Å². The lowest BCUT2D eigenvalue weighted by molar-refractivity contribution is 0.146. The summed E-state index contributed by atoms with van der Waals surface area (Å²) in [5.74, 6) is 3.80. The van der Waals surface area contributed by atoms with Gasteiger partial charge in [-0.3, -0.25) is 0 Å². The van der Waals surface area contributed by atoms with Crippen molar-refractivity contribution in [2.45, 2.75) is 25.8 Å². The third kappa shape index (κ3) is 0.969. The van der Waals surface area contributed by atoms with Gasteiger partial charge in [0.05, 0.1) is 0 Å². The number of hydrogen-bond donors (Lipinski definition) is 0. The summed E-state index contributed by atoms with van der Waals surface area (Å²) in [6.45, 7) is 3.76. The molecule has 72 valence electrons. The van der Waals surface area contributed by atoms with Crippen molar-refractivity contribution in [2.24, 2.45) is 23.7 Å². The lowest BCUT2D eigenvalue weighted by Gasteiger charge is -2.42. The molecule has 1 nitrogen and oxygen atoms in total. The maximum absolute atomic E-state index is 2.56. The van der Waals surface area contributed by atoms with Gasteiger partial charge in [0.2, 0.25) is 0 Å². The second-order valence-corrected chi connectivity index (χ2v) is 5.21. The smallest absolute Gasteiger partial charge is 0.0101 e. The number of nitrogens with zero attached hydrogens (tertiary/aromatic N) is 1. The molecule has 5 unspecified atom stereocenters. The quantitative estimate of drug-likeness (QED) is 0.512. The van der Waals surface area contributed by atoms with Gasteiger partial charge in [-0.05, 0) is 50.5 Å². The summed E-state index contributed by atoms with van der Waals surface area (Å²) in [6, 6.07) is 0.822. The number of fused-ring (bicyclic) bond motifs is 1. The average Bonchev–Trinajstić information content (AvgIpc) is 2.47. The molecule has 13 heavy (non-hydrogen) atoms. The maximum atomic E-state index is 2.56. The zero-order valence-corrected chi connectivity index (χ0v) is 8.61. The zero-order chi connectivity index (χ0) is 9.00. The van der Waals surface area contributed by atoms with E-state index >= 15 is 0 Å². The van der Waals surface area contributed by atoms with E-state index in [1.807, 2.05) is 0 Å². The van der Waals surface area contributed by atoms with Crippen LogP contribution in [0.15, 0.2) is 12.2 Å². The minimum absolute atomic E-state index is 0.822. The molecule has 0 amide bonds. The first-order valence-corrected chi connectivity index (χ1v) is 5.66. The van der Waals surface area contributed by atoms with Gasteiger partial charge in [0.1, 0.15) is 0 Å². The minimum atomic E-state index is 0.822. The summed E-state index contributed by atoms with van der Waals surface area (Å²) in [4.78, 5) is 2.56. The Balaban J connectivity index is 1.95. The lowest BCUT2D eigenvalue weighted by Crippen LogP contribution is -2.38. The molecule has 0 aromatic rings. The molecule has 0 aromatic carbocycles. The molecule has 4 rings (SSSR count). The van der Waals surface area contributed by atoms with Crippen LogP contribution in [0.3, 0.4) is 0 Å². The number of likely N-dealkylation sites (tertiary alicyclic amines) is 1. The highest BCUT2D eigenvalue weighted by molar-refractivity contribution is 5.14. The Morgan fingerprint density at radius 1 is 1.15 bits per heavy atom. The van der Waals surface area contributed by atoms with Crippen LogP contribution in [0.25, 0.3) is 0 Å². The summed E-state index contributed by atoms with van der Waals surface area (Å²) in [5.41, 5.74) is 0. The van der Waals surface area contributed by atoms with Crippen molar-refractivity contribution in [1.82, 2.24) is 4.90 Å². The van der Waals surface area contributed by atoms with E-state index < -0.39 is 0 Å². The topological polar surface area (TPSA) is 3.24 Å². The van der Waals surface area contributed by atoms with Gasteiger partial charge in [-0.2, -0.15) is 0 Å². The fraction of sp³-hybridized carbons (Fsp3) is 0.833. The molecule has 1 saturated carbocycles. The average molecular weight is 177 g/mol. The van der Waals surface area contributed by atoms with Gasteiger partial charge in [-0.25, -0.2) is 0 Å². The Kier molecular flexibility index (Phi) is 1.61. The van der Waals surface area contributed by atoms with Crippen LogP contribution in [0.4, 0.5) is 0 Å². The van der Waals surface area contributed by atoms with Gasteiger partial charge in [-0.15, -0.1) is 0 Å². The molecule has 0 N–H and O–H groups in total. The van der Waals surface area contributed by atoms with Crippen molar-refractivity contribution in [3.63, 3.8) is 0 Å². The van der Waals surface area contributed by atoms with Gasteiger partial charge in [0.15, 0.2) is 0 Å². The van der Waals surface area contributed by atoms with E-state index in [1.165, 1.54) is 19.4 Å². The molecular weight excluding hydrogens is 158 g/mol. The highest BCUT2D eigenvalue weighted by Gasteiger charge is 2.48. The van der Waals surface area contributed by atoms with E-state index in [9.17, 15) is 0 Å². The Hall–Kier alpha value is -0.300. The second-order valence-electron chi connectivity index (χ2n) is 5.21. The van der Waals surface area contributed by atoms with Crippen LogP contribution >= 0.6 is 0 Å². The summed E-state index contributed by atoms with van der Waals surface area (Å²) in [5, 5.41) is 0. The van der Waals surface area contributed by atoms with E-state index in [2.05, 4.69) is 31.0 Å². The molecule has 0 spiro atoms. The van der Waals surface area contributed by atoms with Crippen molar-refractivity contribution >= 4 is 0 Å². The highest BCUT2D eigenvalue weighted by Crippen LogP contribution is 2.50. The Morgan fingerprint density at radius 3 is 2.46 bits per heavy atom. The first-order chi connectivity index (χ1) is 6.27. The normalized spacial score (nSPS) is 54.2. The third-order valence-corrected chi connectivity index (χ3v) is 4.73. The summed E-state index contributed by atoms with van der Waals surface area (Å²) in [7, 11) is 2.29. The molecule has 2 fully saturated rings. The van der Waals surface area contributed by atoms with Gasteiger partial charge in [-0.1, -0.05) is 12.2 Å². The summed E-state index contributed by atoms with van der Waals surface area (Å²) in [6.07, 6.45) is 7.93. The van der Waals surface area contributed by atoms with Gasteiger partial charge in [0, 0.05) is 12.6 Å².